The largest absolute Gasteiger partial charge is 0.382 e. The van der Waals surface area contributed by atoms with Crippen molar-refractivity contribution in [1.82, 2.24) is 0 Å². The van der Waals surface area contributed by atoms with Crippen LogP contribution in [0.5, 0.6) is 0 Å². The first kappa shape index (κ1) is 14.4. The molecule has 2 N–H and O–H groups in total. The summed E-state index contributed by atoms with van der Waals surface area (Å²) in [5, 5.41) is 6.66. The highest BCUT2D eigenvalue weighted by atomic mass is 16.2. The highest BCUT2D eigenvalue weighted by molar-refractivity contribution is 5.94. The summed E-state index contributed by atoms with van der Waals surface area (Å²) in [5.74, 6) is 0.426. The standard InChI is InChI=1S/C18H26N2O/c1-18(2)12-4-3-5-16(18)19-14-8-10-15(11-9-14)20-17(21)13-6-7-13/h8-11,13,16,19H,3-7,12H2,1-2H3,(H,20,21). The molecule has 0 aliphatic heterocycles. The maximum absolute atomic E-state index is 11.7. The van der Waals surface area contributed by atoms with Crippen LogP contribution < -0.4 is 10.6 Å². The van der Waals surface area contributed by atoms with E-state index in [1.807, 2.05) is 12.1 Å². The fourth-order valence-corrected chi connectivity index (χ4v) is 3.20. The Hall–Kier alpha value is -1.51. The van der Waals surface area contributed by atoms with Crippen molar-refractivity contribution in [1.29, 1.82) is 0 Å². The predicted octanol–water partition coefficient (Wildman–Crippen LogP) is 4.42. The Morgan fingerprint density at radius 1 is 1.05 bits per heavy atom. The van der Waals surface area contributed by atoms with Gasteiger partial charge in [-0.3, -0.25) is 4.79 Å². The molecule has 1 atom stereocenters. The zero-order valence-corrected chi connectivity index (χ0v) is 13.1. The van der Waals surface area contributed by atoms with Crippen molar-refractivity contribution in [2.75, 3.05) is 10.6 Å². The third-order valence-electron chi connectivity index (χ3n) is 4.95. The van der Waals surface area contributed by atoms with E-state index in [4.69, 9.17) is 0 Å². The van der Waals surface area contributed by atoms with Crippen molar-refractivity contribution in [3.63, 3.8) is 0 Å². The molecule has 0 saturated heterocycles. The van der Waals surface area contributed by atoms with E-state index in [9.17, 15) is 4.79 Å². The number of carbonyl (C=O) groups is 1. The third kappa shape index (κ3) is 3.58. The normalized spacial score (nSPS) is 24.4. The number of rotatable bonds is 4. The van der Waals surface area contributed by atoms with Crippen molar-refractivity contribution in [2.24, 2.45) is 11.3 Å². The maximum Gasteiger partial charge on any atom is 0.227 e. The third-order valence-corrected chi connectivity index (χ3v) is 4.95. The topological polar surface area (TPSA) is 41.1 Å². The average molecular weight is 286 g/mol. The van der Waals surface area contributed by atoms with Gasteiger partial charge in [-0.2, -0.15) is 0 Å². The molecule has 0 aromatic heterocycles. The molecule has 0 heterocycles. The van der Waals surface area contributed by atoms with Crippen LogP contribution in [0.1, 0.15) is 52.4 Å². The highest BCUT2D eigenvalue weighted by Gasteiger charge is 2.32. The van der Waals surface area contributed by atoms with Gasteiger partial charge in [-0.1, -0.05) is 26.7 Å². The second kappa shape index (κ2) is 5.70. The van der Waals surface area contributed by atoms with Crippen molar-refractivity contribution in [3.8, 4) is 0 Å². The average Bonchev–Trinajstić information content (AvgIpc) is 3.27. The van der Waals surface area contributed by atoms with Gasteiger partial charge in [0.25, 0.3) is 0 Å². The van der Waals surface area contributed by atoms with E-state index in [0.29, 0.717) is 11.5 Å². The van der Waals surface area contributed by atoms with E-state index in [-0.39, 0.29) is 11.8 Å². The van der Waals surface area contributed by atoms with Crippen LogP contribution in [0.4, 0.5) is 11.4 Å². The molecule has 2 aliphatic carbocycles. The monoisotopic (exact) mass is 286 g/mol. The Morgan fingerprint density at radius 2 is 1.71 bits per heavy atom. The lowest BCUT2D eigenvalue weighted by Crippen LogP contribution is -2.38. The molecular formula is C18H26N2O. The molecule has 114 valence electrons. The Labute approximate surface area is 127 Å². The lowest BCUT2D eigenvalue weighted by atomic mass is 9.73. The summed E-state index contributed by atoms with van der Waals surface area (Å²) >= 11 is 0. The molecule has 0 bridgehead atoms. The first-order valence-corrected chi connectivity index (χ1v) is 8.22. The highest BCUT2D eigenvalue weighted by Crippen LogP contribution is 2.37. The molecule has 2 saturated carbocycles. The van der Waals surface area contributed by atoms with E-state index in [1.165, 1.54) is 25.7 Å². The van der Waals surface area contributed by atoms with Crippen molar-refractivity contribution >= 4 is 17.3 Å². The van der Waals surface area contributed by atoms with Gasteiger partial charge >= 0.3 is 0 Å². The van der Waals surface area contributed by atoms with Gasteiger partial charge in [-0.05, 0) is 55.4 Å². The summed E-state index contributed by atoms with van der Waals surface area (Å²) in [6, 6.07) is 8.69. The molecular weight excluding hydrogens is 260 g/mol. The van der Waals surface area contributed by atoms with Gasteiger partial charge in [-0.25, -0.2) is 0 Å². The lowest BCUT2D eigenvalue weighted by Gasteiger charge is -2.39. The van der Waals surface area contributed by atoms with Gasteiger partial charge in [0, 0.05) is 23.3 Å². The molecule has 2 fully saturated rings. The van der Waals surface area contributed by atoms with Crippen molar-refractivity contribution in [3.05, 3.63) is 24.3 Å². The fraction of sp³-hybridized carbons (Fsp3) is 0.611. The lowest BCUT2D eigenvalue weighted by molar-refractivity contribution is -0.117. The number of hydrogen-bond donors (Lipinski definition) is 2. The quantitative estimate of drug-likeness (QED) is 0.860. The molecule has 1 aromatic rings. The molecule has 0 radical (unpaired) electrons. The summed E-state index contributed by atoms with van der Waals surface area (Å²) in [4.78, 5) is 11.7. The van der Waals surface area contributed by atoms with E-state index < -0.39 is 0 Å². The minimum absolute atomic E-state index is 0.170. The van der Waals surface area contributed by atoms with E-state index in [1.54, 1.807) is 0 Å². The number of carbonyl (C=O) groups excluding carboxylic acids is 1. The molecule has 1 aromatic carbocycles. The Morgan fingerprint density at radius 3 is 2.33 bits per heavy atom. The van der Waals surface area contributed by atoms with Gasteiger partial charge < -0.3 is 10.6 Å². The van der Waals surface area contributed by atoms with E-state index in [0.717, 1.165) is 24.2 Å². The van der Waals surface area contributed by atoms with Crippen LogP contribution in [0.25, 0.3) is 0 Å². The SMILES string of the molecule is CC1(C)CCCCC1Nc1ccc(NC(=O)C2CC2)cc1. The first-order chi connectivity index (χ1) is 10.0. The van der Waals surface area contributed by atoms with Crippen molar-refractivity contribution < 1.29 is 4.79 Å². The van der Waals surface area contributed by atoms with Crippen LogP contribution >= 0.6 is 0 Å². The molecule has 1 unspecified atom stereocenters. The van der Waals surface area contributed by atoms with Crippen LogP contribution in [0.2, 0.25) is 0 Å². The van der Waals surface area contributed by atoms with Gasteiger partial charge in [-0.15, -0.1) is 0 Å². The molecule has 21 heavy (non-hydrogen) atoms. The smallest absolute Gasteiger partial charge is 0.227 e. The second-order valence-corrected chi connectivity index (χ2v) is 7.27. The minimum Gasteiger partial charge on any atom is -0.382 e. The van der Waals surface area contributed by atoms with Crippen LogP contribution in [0, 0.1) is 11.3 Å². The molecule has 3 rings (SSSR count). The summed E-state index contributed by atoms with van der Waals surface area (Å²) in [6.07, 6.45) is 7.28. The van der Waals surface area contributed by atoms with E-state index in [2.05, 4.69) is 36.6 Å². The van der Waals surface area contributed by atoms with E-state index >= 15 is 0 Å². The van der Waals surface area contributed by atoms with Crippen LogP contribution in [0.15, 0.2) is 24.3 Å². The van der Waals surface area contributed by atoms with Gasteiger partial charge in [0.2, 0.25) is 5.91 Å². The number of hydrogen-bond acceptors (Lipinski definition) is 2. The number of amides is 1. The maximum atomic E-state index is 11.7. The van der Waals surface area contributed by atoms with Crippen molar-refractivity contribution in [2.45, 2.75) is 58.4 Å². The Kier molecular flexibility index (Phi) is 3.92. The Bertz CT molecular complexity index is 502. The zero-order valence-electron chi connectivity index (χ0n) is 13.1. The number of nitrogens with one attached hydrogen (secondary N) is 2. The molecule has 3 nitrogen and oxygen atoms in total. The fourth-order valence-electron chi connectivity index (χ4n) is 3.20. The molecule has 3 heteroatoms. The predicted molar refractivity (Wildman–Crippen MR) is 87.5 cm³/mol. The second-order valence-electron chi connectivity index (χ2n) is 7.27. The minimum atomic E-state index is 0.170. The Balaban J connectivity index is 1.59. The summed E-state index contributed by atoms with van der Waals surface area (Å²) < 4.78 is 0. The van der Waals surface area contributed by atoms with Crippen LogP contribution in [0.3, 0.4) is 0 Å². The summed E-state index contributed by atoms with van der Waals surface area (Å²) in [6.45, 7) is 4.71. The number of anilines is 2. The van der Waals surface area contributed by atoms with Gasteiger partial charge in [0.1, 0.15) is 0 Å². The first-order valence-electron chi connectivity index (χ1n) is 8.22. The summed E-state index contributed by atoms with van der Waals surface area (Å²) in [7, 11) is 0. The van der Waals surface area contributed by atoms with Crippen LogP contribution in [-0.2, 0) is 4.79 Å². The molecule has 1 amide bonds. The van der Waals surface area contributed by atoms with Crippen LogP contribution in [-0.4, -0.2) is 11.9 Å². The zero-order chi connectivity index (χ0) is 14.9. The van der Waals surface area contributed by atoms with Gasteiger partial charge in [0.05, 0.1) is 0 Å². The molecule has 2 aliphatic rings. The number of benzene rings is 1. The summed E-state index contributed by atoms with van der Waals surface area (Å²) in [5.41, 5.74) is 2.41. The van der Waals surface area contributed by atoms with Gasteiger partial charge in [0.15, 0.2) is 0 Å². The molecule has 0 spiro atoms.